The molecule has 0 saturated carbocycles. The van der Waals surface area contributed by atoms with E-state index in [1.165, 1.54) is 16.2 Å². The number of fused-ring (bicyclic) bond motifs is 3. The average Bonchev–Trinajstić information content (AvgIpc) is 3.29. The standard InChI is InChI=1S/C20H24N4O4S/c1-4-6-12-9-14(21-28-12)18(26)23-8-7-13-15(10-23)29-20-17(13)19(27)22(3)11-16(25)24(20)5-2/h9H,4-8,10-11H2,1-3H3. The SMILES string of the molecule is CCCc1cc(C(=O)N2CCc3c(sc4c3C(=O)N(C)CC(=O)N4CC)C2)no1. The first-order valence-corrected chi connectivity index (χ1v) is 10.7. The van der Waals surface area contributed by atoms with Gasteiger partial charge in [-0.15, -0.1) is 11.3 Å². The zero-order valence-corrected chi connectivity index (χ0v) is 17.7. The number of aryl methyl sites for hydroxylation is 1. The molecule has 0 spiro atoms. The van der Waals surface area contributed by atoms with Gasteiger partial charge in [0.2, 0.25) is 5.91 Å². The highest BCUT2D eigenvalue weighted by Gasteiger charge is 2.37. The smallest absolute Gasteiger partial charge is 0.276 e. The van der Waals surface area contributed by atoms with Gasteiger partial charge in [-0.3, -0.25) is 14.4 Å². The molecule has 2 aliphatic heterocycles. The van der Waals surface area contributed by atoms with Crippen LogP contribution < -0.4 is 4.90 Å². The van der Waals surface area contributed by atoms with E-state index in [9.17, 15) is 14.4 Å². The van der Waals surface area contributed by atoms with E-state index in [1.54, 1.807) is 22.9 Å². The van der Waals surface area contributed by atoms with Gasteiger partial charge in [-0.2, -0.15) is 0 Å². The molecule has 8 nitrogen and oxygen atoms in total. The zero-order chi connectivity index (χ0) is 20.7. The highest BCUT2D eigenvalue weighted by Crippen LogP contribution is 2.41. The summed E-state index contributed by atoms with van der Waals surface area (Å²) in [5.74, 6) is 0.335. The van der Waals surface area contributed by atoms with Crippen LogP contribution in [-0.2, 0) is 24.2 Å². The Balaban J connectivity index is 1.64. The number of aromatic nitrogens is 1. The fourth-order valence-electron chi connectivity index (χ4n) is 3.90. The van der Waals surface area contributed by atoms with E-state index in [1.807, 2.05) is 13.8 Å². The van der Waals surface area contributed by atoms with E-state index < -0.39 is 0 Å². The van der Waals surface area contributed by atoms with Crippen molar-refractivity contribution in [3.8, 4) is 0 Å². The molecule has 0 N–H and O–H groups in total. The van der Waals surface area contributed by atoms with Crippen molar-refractivity contribution in [1.82, 2.24) is 15.0 Å². The molecule has 0 radical (unpaired) electrons. The van der Waals surface area contributed by atoms with E-state index in [-0.39, 0.29) is 24.3 Å². The summed E-state index contributed by atoms with van der Waals surface area (Å²) in [5.41, 5.74) is 1.90. The predicted molar refractivity (Wildman–Crippen MR) is 108 cm³/mol. The number of amides is 3. The fourth-order valence-corrected chi connectivity index (χ4v) is 5.33. The molecule has 3 amide bonds. The fraction of sp³-hybridized carbons (Fsp3) is 0.500. The first-order valence-electron chi connectivity index (χ1n) is 9.89. The number of hydrogen-bond acceptors (Lipinski definition) is 6. The monoisotopic (exact) mass is 416 g/mol. The van der Waals surface area contributed by atoms with Crippen LogP contribution in [0.4, 0.5) is 5.00 Å². The van der Waals surface area contributed by atoms with Gasteiger partial charge in [-0.25, -0.2) is 0 Å². The molecule has 2 aromatic heterocycles. The van der Waals surface area contributed by atoms with Crippen LogP contribution in [-0.4, -0.2) is 59.4 Å². The molecule has 0 atom stereocenters. The Kier molecular flexibility index (Phi) is 5.16. The Morgan fingerprint density at radius 2 is 2.07 bits per heavy atom. The second-order valence-corrected chi connectivity index (χ2v) is 8.47. The van der Waals surface area contributed by atoms with Gasteiger partial charge in [0.05, 0.1) is 12.1 Å². The molecule has 2 aliphatic rings. The van der Waals surface area contributed by atoms with Crippen molar-refractivity contribution in [3.05, 3.63) is 33.5 Å². The third-order valence-corrected chi connectivity index (χ3v) is 6.64. The molecule has 0 bridgehead atoms. The number of carbonyl (C=O) groups is 3. The third kappa shape index (κ3) is 3.33. The van der Waals surface area contributed by atoms with Gasteiger partial charge < -0.3 is 19.2 Å². The Morgan fingerprint density at radius 1 is 1.28 bits per heavy atom. The lowest BCUT2D eigenvalue weighted by molar-refractivity contribution is -0.118. The van der Waals surface area contributed by atoms with Crippen LogP contribution in [0.15, 0.2) is 10.6 Å². The number of rotatable bonds is 4. The van der Waals surface area contributed by atoms with Crippen molar-refractivity contribution in [2.45, 2.75) is 39.7 Å². The van der Waals surface area contributed by atoms with E-state index >= 15 is 0 Å². The molecule has 2 aromatic rings. The molecule has 154 valence electrons. The average molecular weight is 417 g/mol. The second kappa shape index (κ2) is 7.62. The minimum Gasteiger partial charge on any atom is -0.361 e. The second-order valence-electron chi connectivity index (χ2n) is 7.39. The molecule has 9 heteroatoms. The Bertz CT molecular complexity index is 979. The van der Waals surface area contributed by atoms with Gasteiger partial charge in [-0.05, 0) is 25.3 Å². The maximum atomic E-state index is 12.9. The number of nitrogens with zero attached hydrogens (tertiary/aromatic N) is 4. The zero-order valence-electron chi connectivity index (χ0n) is 16.9. The van der Waals surface area contributed by atoms with E-state index in [0.717, 1.165) is 23.3 Å². The molecule has 0 aromatic carbocycles. The molecule has 0 fully saturated rings. The van der Waals surface area contributed by atoms with Crippen molar-refractivity contribution < 1.29 is 18.9 Å². The van der Waals surface area contributed by atoms with Crippen molar-refractivity contribution in [1.29, 1.82) is 0 Å². The quantitative estimate of drug-likeness (QED) is 0.763. The number of likely N-dealkylation sites (N-methyl/N-ethyl adjacent to an activating group) is 2. The van der Waals surface area contributed by atoms with E-state index in [4.69, 9.17) is 4.52 Å². The Labute approximate surface area is 173 Å². The van der Waals surface area contributed by atoms with Gasteiger partial charge >= 0.3 is 0 Å². The van der Waals surface area contributed by atoms with Crippen LogP contribution in [0.1, 0.15) is 57.3 Å². The van der Waals surface area contributed by atoms with Crippen molar-refractivity contribution in [2.24, 2.45) is 0 Å². The van der Waals surface area contributed by atoms with E-state index in [0.29, 0.717) is 48.1 Å². The summed E-state index contributed by atoms with van der Waals surface area (Å²) in [6.45, 7) is 5.45. The molecule has 4 heterocycles. The largest absolute Gasteiger partial charge is 0.361 e. The van der Waals surface area contributed by atoms with Gasteiger partial charge in [-0.1, -0.05) is 12.1 Å². The van der Waals surface area contributed by atoms with Crippen LogP contribution in [0.3, 0.4) is 0 Å². The summed E-state index contributed by atoms with van der Waals surface area (Å²) in [6, 6.07) is 1.71. The van der Waals surface area contributed by atoms with Crippen LogP contribution in [0.25, 0.3) is 0 Å². The van der Waals surface area contributed by atoms with Crippen LogP contribution >= 0.6 is 11.3 Å². The summed E-state index contributed by atoms with van der Waals surface area (Å²) in [5, 5.41) is 4.63. The van der Waals surface area contributed by atoms with Crippen molar-refractivity contribution in [2.75, 3.05) is 31.6 Å². The topological polar surface area (TPSA) is 87.0 Å². The molecular formula is C20H24N4O4S. The van der Waals surface area contributed by atoms with Gasteiger partial charge in [0.25, 0.3) is 11.8 Å². The summed E-state index contributed by atoms with van der Waals surface area (Å²) in [7, 11) is 1.66. The van der Waals surface area contributed by atoms with Gasteiger partial charge in [0.15, 0.2) is 5.69 Å². The molecular weight excluding hydrogens is 392 g/mol. The van der Waals surface area contributed by atoms with E-state index in [2.05, 4.69) is 5.16 Å². The highest BCUT2D eigenvalue weighted by atomic mass is 32.1. The van der Waals surface area contributed by atoms with Gasteiger partial charge in [0.1, 0.15) is 17.3 Å². The lowest BCUT2D eigenvalue weighted by Crippen LogP contribution is -2.38. The first-order chi connectivity index (χ1) is 13.9. The molecule has 29 heavy (non-hydrogen) atoms. The third-order valence-electron chi connectivity index (χ3n) is 5.40. The molecule has 4 rings (SSSR count). The number of anilines is 1. The van der Waals surface area contributed by atoms with Crippen molar-refractivity contribution in [3.63, 3.8) is 0 Å². The Hall–Kier alpha value is -2.68. The lowest BCUT2D eigenvalue weighted by Gasteiger charge is -2.26. The molecule has 0 unspecified atom stereocenters. The molecule has 0 aliphatic carbocycles. The number of carbonyl (C=O) groups excluding carboxylic acids is 3. The molecule has 0 saturated heterocycles. The Morgan fingerprint density at radius 3 is 2.79 bits per heavy atom. The summed E-state index contributed by atoms with van der Waals surface area (Å²) in [6.07, 6.45) is 2.25. The van der Waals surface area contributed by atoms with Crippen LogP contribution in [0.2, 0.25) is 0 Å². The summed E-state index contributed by atoms with van der Waals surface area (Å²) < 4.78 is 5.24. The van der Waals surface area contributed by atoms with Crippen LogP contribution in [0.5, 0.6) is 0 Å². The normalized spacial score (nSPS) is 16.7. The summed E-state index contributed by atoms with van der Waals surface area (Å²) >= 11 is 1.44. The van der Waals surface area contributed by atoms with Crippen LogP contribution in [0, 0.1) is 0 Å². The summed E-state index contributed by atoms with van der Waals surface area (Å²) in [4.78, 5) is 44.2. The highest BCUT2D eigenvalue weighted by molar-refractivity contribution is 7.17. The van der Waals surface area contributed by atoms with Gasteiger partial charge in [0, 0.05) is 37.5 Å². The lowest BCUT2D eigenvalue weighted by atomic mass is 10.0. The number of thiophene rings is 1. The minimum atomic E-state index is -0.169. The number of hydrogen-bond donors (Lipinski definition) is 0. The minimum absolute atomic E-state index is 0.0830. The maximum absolute atomic E-state index is 12.9. The maximum Gasteiger partial charge on any atom is 0.276 e. The first kappa shape index (κ1) is 19.6. The van der Waals surface area contributed by atoms with Crippen molar-refractivity contribution >= 4 is 34.1 Å². The predicted octanol–water partition coefficient (Wildman–Crippen LogP) is 2.33.